The zero-order chi connectivity index (χ0) is 23.6. The van der Waals surface area contributed by atoms with Gasteiger partial charge in [0, 0.05) is 33.8 Å². The van der Waals surface area contributed by atoms with Crippen LogP contribution in [-0.2, 0) is 31.6 Å². The lowest BCUT2D eigenvalue weighted by molar-refractivity contribution is 0.595. The molecule has 0 radical (unpaired) electrons. The summed E-state index contributed by atoms with van der Waals surface area (Å²) in [5, 5.41) is 2.70. The molecule has 0 fully saturated rings. The second-order valence-corrected chi connectivity index (χ2v) is 11.9. The van der Waals surface area contributed by atoms with E-state index in [0.717, 1.165) is 57.4 Å². The highest BCUT2D eigenvalue weighted by molar-refractivity contribution is 7.98. The summed E-state index contributed by atoms with van der Waals surface area (Å²) in [5.74, 6) is 0.749. The summed E-state index contributed by atoms with van der Waals surface area (Å²) < 4.78 is 1.92. The predicted molar refractivity (Wildman–Crippen MR) is 148 cm³/mol. The quantitative estimate of drug-likeness (QED) is 0.173. The first-order valence-electron chi connectivity index (χ1n) is 12.0. The molecule has 1 aliphatic carbocycles. The molecule has 176 valence electrons. The number of thiophene rings is 1. The average Bonchev–Trinajstić information content (AvgIpc) is 3.53. The van der Waals surface area contributed by atoms with Crippen molar-refractivity contribution >= 4 is 44.7 Å². The smallest absolute Gasteiger partial charge is 0.263 e. The van der Waals surface area contributed by atoms with Crippen LogP contribution in [0.25, 0.3) is 20.8 Å². The van der Waals surface area contributed by atoms with Crippen molar-refractivity contribution in [3.05, 3.63) is 98.1 Å². The fourth-order valence-corrected chi connectivity index (χ4v) is 7.90. The highest BCUT2D eigenvalue weighted by Crippen LogP contribution is 2.36. The summed E-state index contributed by atoms with van der Waals surface area (Å²) in [6.45, 7) is 0.636. The van der Waals surface area contributed by atoms with Crippen molar-refractivity contribution in [3.8, 4) is 10.6 Å². The summed E-state index contributed by atoms with van der Waals surface area (Å²) >= 11 is 5.08. The molecule has 0 amide bonds. The number of hydrogen-bond acceptors (Lipinski definition) is 6. The van der Waals surface area contributed by atoms with E-state index in [1.807, 2.05) is 35.0 Å². The third-order valence-electron chi connectivity index (χ3n) is 6.42. The molecule has 0 atom stereocenters. The molecule has 0 saturated heterocycles. The van der Waals surface area contributed by atoms with Gasteiger partial charge in [-0.05, 0) is 43.2 Å². The number of aryl methyl sites for hydroxylation is 3. The van der Waals surface area contributed by atoms with Gasteiger partial charge in [0.05, 0.1) is 5.39 Å². The zero-order valence-corrected chi connectivity index (χ0v) is 21.7. The van der Waals surface area contributed by atoms with E-state index in [-0.39, 0.29) is 5.56 Å². The Bertz CT molecular complexity index is 1520. The SMILES string of the molecule is O=c1c2c3c(sc2nc(SCc2cnc(-c4ccccc4)s2)n1CCc1ccccc1)CCCC3. The summed E-state index contributed by atoms with van der Waals surface area (Å²) in [4.78, 5) is 27.0. The number of thiazole rings is 1. The van der Waals surface area contributed by atoms with Gasteiger partial charge in [-0.15, -0.1) is 22.7 Å². The molecule has 0 saturated carbocycles. The van der Waals surface area contributed by atoms with E-state index in [1.54, 1.807) is 34.4 Å². The fraction of sp³-hybridized carbons (Fsp3) is 0.250. The van der Waals surface area contributed by atoms with Gasteiger partial charge < -0.3 is 0 Å². The maximum Gasteiger partial charge on any atom is 0.263 e. The van der Waals surface area contributed by atoms with E-state index < -0.39 is 0 Å². The third-order valence-corrected chi connectivity index (χ3v) is 9.86. The Hall–Kier alpha value is -2.74. The van der Waals surface area contributed by atoms with E-state index in [2.05, 4.69) is 41.4 Å². The lowest BCUT2D eigenvalue weighted by atomic mass is 9.97. The molecular weight excluding hydrogens is 491 g/mol. The highest BCUT2D eigenvalue weighted by Gasteiger charge is 2.22. The number of benzene rings is 2. The van der Waals surface area contributed by atoms with Crippen molar-refractivity contribution < 1.29 is 0 Å². The molecule has 0 N–H and O–H groups in total. The van der Waals surface area contributed by atoms with Crippen LogP contribution in [0.4, 0.5) is 0 Å². The molecule has 5 aromatic rings. The number of hydrogen-bond donors (Lipinski definition) is 0. The summed E-state index contributed by atoms with van der Waals surface area (Å²) in [5.41, 5.74) is 3.76. The Morgan fingerprint density at radius 1 is 0.943 bits per heavy atom. The van der Waals surface area contributed by atoms with E-state index in [0.29, 0.717) is 6.54 Å². The van der Waals surface area contributed by atoms with Gasteiger partial charge in [0.1, 0.15) is 9.84 Å². The Kier molecular flexibility index (Phi) is 6.55. The summed E-state index contributed by atoms with van der Waals surface area (Å²) in [7, 11) is 0. The van der Waals surface area contributed by atoms with E-state index in [1.165, 1.54) is 27.3 Å². The summed E-state index contributed by atoms with van der Waals surface area (Å²) in [6.07, 6.45) is 7.21. The average molecular weight is 516 g/mol. The van der Waals surface area contributed by atoms with Crippen LogP contribution in [0.2, 0.25) is 0 Å². The molecule has 1 aliphatic rings. The van der Waals surface area contributed by atoms with E-state index in [9.17, 15) is 4.79 Å². The van der Waals surface area contributed by atoms with Gasteiger partial charge >= 0.3 is 0 Å². The molecule has 3 heterocycles. The van der Waals surface area contributed by atoms with Gasteiger partial charge in [0.15, 0.2) is 5.16 Å². The first-order chi connectivity index (χ1) is 17.3. The van der Waals surface area contributed by atoms with Crippen LogP contribution < -0.4 is 5.56 Å². The van der Waals surface area contributed by atoms with Gasteiger partial charge in [-0.3, -0.25) is 9.36 Å². The minimum atomic E-state index is 0.127. The van der Waals surface area contributed by atoms with Crippen molar-refractivity contribution in [2.75, 3.05) is 0 Å². The molecule has 0 unspecified atom stereocenters. The second kappa shape index (κ2) is 10.1. The number of thioether (sulfide) groups is 1. The summed E-state index contributed by atoms with van der Waals surface area (Å²) in [6, 6.07) is 20.7. The second-order valence-electron chi connectivity index (χ2n) is 8.76. The van der Waals surface area contributed by atoms with Crippen molar-refractivity contribution in [3.63, 3.8) is 0 Å². The lowest BCUT2D eigenvalue weighted by Gasteiger charge is -2.13. The third kappa shape index (κ3) is 4.73. The van der Waals surface area contributed by atoms with Crippen LogP contribution in [0.3, 0.4) is 0 Å². The minimum Gasteiger partial charge on any atom is -0.287 e. The van der Waals surface area contributed by atoms with Crippen molar-refractivity contribution in [1.29, 1.82) is 0 Å². The topological polar surface area (TPSA) is 47.8 Å². The van der Waals surface area contributed by atoms with Gasteiger partial charge in [-0.2, -0.15) is 0 Å². The Morgan fingerprint density at radius 3 is 2.54 bits per heavy atom. The van der Waals surface area contributed by atoms with E-state index >= 15 is 0 Å². The standard InChI is InChI=1S/C28H25N3OS3/c32-27-24-22-13-7-8-14-23(22)35-26(24)30-28(31(27)16-15-19-9-3-1-4-10-19)33-18-21-17-29-25(34-21)20-11-5-2-6-12-20/h1-6,9-12,17H,7-8,13-16,18H2. The number of fused-ring (bicyclic) bond motifs is 3. The maximum atomic E-state index is 13.8. The monoisotopic (exact) mass is 515 g/mol. The largest absolute Gasteiger partial charge is 0.287 e. The molecule has 0 bridgehead atoms. The normalized spacial score (nSPS) is 13.3. The van der Waals surface area contributed by atoms with E-state index in [4.69, 9.17) is 4.98 Å². The van der Waals surface area contributed by atoms with Crippen LogP contribution in [0.15, 0.2) is 76.8 Å². The Labute approximate surface area is 216 Å². The number of rotatable bonds is 7. The molecule has 0 aliphatic heterocycles. The van der Waals surface area contributed by atoms with Crippen LogP contribution >= 0.6 is 34.4 Å². The highest BCUT2D eigenvalue weighted by atomic mass is 32.2. The van der Waals surface area contributed by atoms with Crippen LogP contribution in [0.5, 0.6) is 0 Å². The predicted octanol–water partition coefficient (Wildman–Crippen LogP) is 7.00. The maximum absolute atomic E-state index is 13.8. The first-order valence-corrected chi connectivity index (χ1v) is 14.6. The molecule has 4 nitrogen and oxygen atoms in total. The van der Waals surface area contributed by atoms with Crippen LogP contribution in [0.1, 0.15) is 33.7 Å². The number of nitrogens with zero attached hydrogens (tertiary/aromatic N) is 3. The molecule has 3 aromatic heterocycles. The fourth-order valence-electron chi connectivity index (χ4n) is 4.64. The van der Waals surface area contributed by atoms with Crippen molar-refractivity contribution in [2.24, 2.45) is 0 Å². The lowest BCUT2D eigenvalue weighted by Crippen LogP contribution is -2.24. The molecular formula is C28H25N3OS3. The molecule has 0 spiro atoms. The number of aromatic nitrogens is 3. The van der Waals surface area contributed by atoms with Crippen molar-refractivity contribution in [2.45, 2.75) is 49.6 Å². The van der Waals surface area contributed by atoms with Gasteiger partial charge in [0.2, 0.25) is 0 Å². The molecule has 6 rings (SSSR count). The first kappa shape index (κ1) is 22.7. The van der Waals surface area contributed by atoms with Gasteiger partial charge in [0.25, 0.3) is 5.56 Å². The minimum absolute atomic E-state index is 0.127. The van der Waals surface area contributed by atoms with Crippen LogP contribution in [-0.4, -0.2) is 14.5 Å². The van der Waals surface area contributed by atoms with Gasteiger partial charge in [-0.25, -0.2) is 9.97 Å². The Morgan fingerprint density at radius 2 is 1.71 bits per heavy atom. The zero-order valence-electron chi connectivity index (χ0n) is 19.3. The van der Waals surface area contributed by atoms with Gasteiger partial charge in [-0.1, -0.05) is 72.4 Å². The van der Waals surface area contributed by atoms with Crippen LogP contribution in [0, 0.1) is 0 Å². The molecule has 7 heteroatoms. The Balaban J connectivity index is 1.33. The molecule has 35 heavy (non-hydrogen) atoms. The molecule has 2 aromatic carbocycles. The van der Waals surface area contributed by atoms with Crippen molar-refractivity contribution in [1.82, 2.24) is 14.5 Å².